The number of halogens is 1. The lowest BCUT2D eigenvalue weighted by Crippen LogP contribution is -2.02. The zero-order valence-electron chi connectivity index (χ0n) is 8.12. The van der Waals surface area contributed by atoms with E-state index in [0.29, 0.717) is 5.56 Å². The van der Waals surface area contributed by atoms with Crippen molar-refractivity contribution in [3.63, 3.8) is 0 Å². The van der Waals surface area contributed by atoms with Gasteiger partial charge in [0, 0.05) is 12.5 Å². The monoisotopic (exact) mass is 216 g/mol. The quantitative estimate of drug-likeness (QED) is 0.762. The molecule has 0 saturated heterocycles. The Bertz CT molecular complexity index is 328. The third kappa shape index (κ3) is 2.01. The third-order valence-electron chi connectivity index (χ3n) is 2.12. The van der Waals surface area contributed by atoms with Crippen LogP contribution in [-0.4, -0.2) is 23.1 Å². The van der Waals surface area contributed by atoms with E-state index in [9.17, 15) is 9.50 Å². The highest BCUT2D eigenvalue weighted by molar-refractivity contribution is 7.98. The molecule has 4 heteroatoms. The first-order valence-corrected chi connectivity index (χ1v) is 5.50. The molecule has 0 heterocycles. The van der Waals surface area contributed by atoms with Gasteiger partial charge in [0.15, 0.2) is 0 Å². The Balaban J connectivity index is 3.21. The minimum Gasteiger partial charge on any atom is -0.507 e. The molecule has 0 spiro atoms. The Morgan fingerprint density at radius 2 is 2.14 bits per heavy atom. The molecule has 0 aromatic heterocycles. The lowest BCUT2D eigenvalue weighted by atomic mass is 10.0. The van der Waals surface area contributed by atoms with Crippen LogP contribution in [0.2, 0.25) is 0 Å². The summed E-state index contributed by atoms with van der Waals surface area (Å²) in [5, 5.41) is 18.3. The largest absolute Gasteiger partial charge is 0.507 e. The van der Waals surface area contributed by atoms with Crippen molar-refractivity contribution in [2.75, 3.05) is 12.9 Å². The fourth-order valence-electron chi connectivity index (χ4n) is 1.23. The van der Waals surface area contributed by atoms with Crippen molar-refractivity contribution in [1.82, 2.24) is 0 Å². The van der Waals surface area contributed by atoms with E-state index in [4.69, 9.17) is 5.11 Å². The van der Waals surface area contributed by atoms with Gasteiger partial charge in [-0.15, -0.1) is 11.8 Å². The van der Waals surface area contributed by atoms with Gasteiger partial charge in [0.1, 0.15) is 11.6 Å². The minimum absolute atomic E-state index is 0.0520. The van der Waals surface area contributed by atoms with E-state index in [1.165, 1.54) is 12.1 Å². The first kappa shape index (κ1) is 11.3. The van der Waals surface area contributed by atoms with Crippen molar-refractivity contribution >= 4 is 11.8 Å². The summed E-state index contributed by atoms with van der Waals surface area (Å²) >= 11 is 1.16. The Labute approximate surface area is 86.8 Å². The summed E-state index contributed by atoms with van der Waals surface area (Å²) < 4.78 is 13.7. The molecular formula is C10H13FO2S. The molecule has 0 fully saturated rings. The number of thioether (sulfide) groups is 1. The zero-order valence-corrected chi connectivity index (χ0v) is 8.94. The lowest BCUT2D eigenvalue weighted by Gasteiger charge is -2.12. The molecule has 14 heavy (non-hydrogen) atoms. The maximum absolute atomic E-state index is 13.7. The number of phenolic OH excluding ortho intramolecular Hbond substituents is 1. The summed E-state index contributed by atoms with van der Waals surface area (Å²) in [6, 6.07) is 2.96. The number of rotatable bonds is 3. The molecule has 2 N–H and O–H groups in total. The smallest absolute Gasteiger partial charge is 0.144 e. The lowest BCUT2D eigenvalue weighted by molar-refractivity contribution is 0.269. The van der Waals surface area contributed by atoms with Crippen LogP contribution in [0.3, 0.4) is 0 Å². The number of phenols is 1. The normalized spacial score (nSPS) is 12.9. The van der Waals surface area contributed by atoms with Crippen molar-refractivity contribution < 1.29 is 14.6 Å². The summed E-state index contributed by atoms with van der Waals surface area (Å²) in [5.41, 5.74) is 0.439. The van der Waals surface area contributed by atoms with Gasteiger partial charge in [-0.05, 0) is 17.9 Å². The molecular weight excluding hydrogens is 203 g/mol. The van der Waals surface area contributed by atoms with E-state index >= 15 is 0 Å². The summed E-state index contributed by atoms with van der Waals surface area (Å²) in [6.45, 7) is 1.63. The van der Waals surface area contributed by atoms with E-state index in [-0.39, 0.29) is 23.2 Å². The first-order chi connectivity index (χ1) is 6.61. The van der Waals surface area contributed by atoms with Crippen molar-refractivity contribution in [3.05, 3.63) is 23.5 Å². The van der Waals surface area contributed by atoms with Crippen LogP contribution in [-0.2, 0) is 0 Å². The first-order valence-electron chi connectivity index (χ1n) is 4.28. The van der Waals surface area contributed by atoms with Crippen molar-refractivity contribution in [1.29, 1.82) is 0 Å². The molecule has 1 atom stereocenters. The number of hydrogen-bond donors (Lipinski definition) is 2. The van der Waals surface area contributed by atoms with Crippen molar-refractivity contribution in [2.24, 2.45) is 0 Å². The van der Waals surface area contributed by atoms with Crippen LogP contribution in [0.5, 0.6) is 5.75 Å². The summed E-state index contributed by atoms with van der Waals surface area (Å²) in [7, 11) is 0. The summed E-state index contributed by atoms with van der Waals surface area (Å²) in [4.78, 5) is 0.239. The molecule has 78 valence electrons. The van der Waals surface area contributed by atoms with Gasteiger partial charge < -0.3 is 10.2 Å². The van der Waals surface area contributed by atoms with Gasteiger partial charge in [-0.3, -0.25) is 0 Å². The molecule has 1 aromatic rings. The van der Waals surface area contributed by atoms with Crippen molar-refractivity contribution in [3.8, 4) is 5.75 Å². The van der Waals surface area contributed by atoms with Crippen molar-refractivity contribution in [2.45, 2.75) is 17.7 Å². The highest BCUT2D eigenvalue weighted by atomic mass is 32.2. The molecule has 0 amide bonds. The topological polar surface area (TPSA) is 40.5 Å². The molecule has 1 rings (SSSR count). The second-order valence-corrected chi connectivity index (χ2v) is 3.92. The Morgan fingerprint density at radius 3 is 2.64 bits per heavy atom. The maximum Gasteiger partial charge on any atom is 0.144 e. The molecule has 1 aromatic carbocycles. The Kier molecular flexibility index (Phi) is 3.77. The maximum atomic E-state index is 13.7. The van der Waals surface area contributed by atoms with E-state index in [0.717, 1.165) is 11.8 Å². The van der Waals surface area contributed by atoms with E-state index in [2.05, 4.69) is 0 Å². The average molecular weight is 216 g/mol. The van der Waals surface area contributed by atoms with Gasteiger partial charge in [-0.1, -0.05) is 13.0 Å². The van der Waals surface area contributed by atoms with Crippen LogP contribution < -0.4 is 0 Å². The van der Waals surface area contributed by atoms with E-state index in [1.807, 2.05) is 0 Å². The molecule has 0 aliphatic carbocycles. The van der Waals surface area contributed by atoms with E-state index < -0.39 is 5.82 Å². The van der Waals surface area contributed by atoms with Gasteiger partial charge in [0.05, 0.1) is 4.90 Å². The van der Waals surface area contributed by atoms with Crippen LogP contribution in [0.25, 0.3) is 0 Å². The van der Waals surface area contributed by atoms with Gasteiger partial charge in [-0.25, -0.2) is 4.39 Å². The highest BCUT2D eigenvalue weighted by Gasteiger charge is 2.16. The summed E-state index contributed by atoms with van der Waals surface area (Å²) in [5.74, 6) is -0.732. The second kappa shape index (κ2) is 4.66. The zero-order chi connectivity index (χ0) is 10.7. The van der Waals surface area contributed by atoms with Gasteiger partial charge >= 0.3 is 0 Å². The van der Waals surface area contributed by atoms with Crippen LogP contribution in [0.1, 0.15) is 18.4 Å². The number of hydrogen-bond acceptors (Lipinski definition) is 3. The Morgan fingerprint density at radius 1 is 1.50 bits per heavy atom. The van der Waals surface area contributed by atoms with Crippen LogP contribution in [0.4, 0.5) is 4.39 Å². The molecule has 0 radical (unpaired) electrons. The molecule has 1 unspecified atom stereocenters. The van der Waals surface area contributed by atoms with Crippen LogP contribution in [0.15, 0.2) is 17.0 Å². The molecule has 0 aliphatic heterocycles. The third-order valence-corrected chi connectivity index (χ3v) is 2.91. The highest BCUT2D eigenvalue weighted by Crippen LogP contribution is 2.33. The minimum atomic E-state index is -0.431. The molecule has 0 aliphatic rings. The predicted molar refractivity (Wildman–Crippen MR) is 55.3 cm³/mol. The van der Waals surface area contributed by atoms with Crippen LogP contribution >= 0.6 is 11.8 Å². The summed E-state index contributed by atoms with van der Waals surface area (Å²) in [6.07, 6.45) is 1.70. The van der Waals surface area contributed by atoms with Gasteiger partial charge in [-0.2, -0.15) is 0 Å². The number of benzene rings is 1. The SMILES string of the molecule is CSc1c(O)ccc(C(C)CO)c1F. The van der Waals surface area contributed by atoms with Gasteiger partial charge in [0.2, 0.25) is 0 Å². The van der Waals surface area contributed by atoms with E-state index in [1.54, 1.807) is 13.2 Å². The number of aliphatic hydroxyl groups excluding tert-OH is 1. The number of aromatic hydroxyl groups is 1. The fourth-order valence-corrected chi connectivity index (χ4v) is 1.81. The molecule has 0 saturated carbocycles. The standard InChI is InChI=1S/C10H13FO2S/c1-6(5-12)7-3-4-8(13)10(14-2)9(7)11/h3-4,6,12-13H,5H2,1-2H3. The second-order valence-electron chi connectivity index (χ2n) is 3.10. The molecule has 0 bridgehead atoms. The number of aliphatic hydroxyl groups is 1. The Hall–Kier alpha value is -0.740. The average Bonchev–Trinajstić information content (AvgIpc) is 2.18. The predicted octanol–water partition coefficient (Wildman–Crippen LogP) is 2.35. The fraction of sp³-hybridized carbons (Fsp3) is 0.400. The van der Waals surface area contributed by atoms with Crippen LogP contribution in [0, 0.1) is 5.82 Å². The van der Waals surface area contributed by atoms with Gasteiger partial charge in [0.25, 0.3) is 0 Å². The molecule has 2 nitrogen and oxygen atoms in total.